The summed E-state index contributed by atoms with van der Waals surface area (Å²) in [5.41, 5.74) is 0.0655. The Bertz CT molecular complexity index is 878. The minimum Gasteiger partial charge on any atom is -0.467 e. The number of carbonyl (C=O) groups excluding carboxylic acids is 1. The molecule has 0 bridgehead atoms. The molecule has 126 valence electrons. The molecule has 3 rings (SSSR count). The van der Waals surface area contributed by atoms with Crippen molar-refractivity contribution in [3.63, 3.8) is 0 Å². The standard InChI is InChI=1S/C18H15N3O4/c1-13(16-8-5-11-25-16)20(17-9-2-3-10-19-17)18(22)14-6-4-7-15(12-14)21(23)24/h2-13H,1H3. The number of aromatic nitrogens is 1. The first-order chi connectivity index (χ1) is 12.1. The van der Waals surface area contributed by atoms with Gasteiger partial charge in [0.15, 0.2) is 0 Å². The van der Waals surface area contributed by atoms with Crippen LogP contribution in [0.5, 0.6) is 0 Å². The number of pyridine rings is 1. The summed E-state index contributed by atoms with van der Waals surface area (Å²) in [7, 11) is 0. The maximum atomic E-state index is 13.1. The first kappa shape index (κ1) is 16.4. The molecule has 0 saturated heterocycles. The smallest absolute Gasteiger partial charge is 0.270 e. The lowest BCUT2D eigenvalue weighted by Crippen LogP contribution is -2.34. The van der Waals surface area contributed by atoms with Crippen LogP contribution >= 0.6 is 0 Å². The third-order valence-corrected chi connectivity index (χ3v) is 3.76. The van der Waals surface area contributed by atoms with Gasteiger partial charge in [-0.1, -0.05) is 12.1 Å². The normalized spacial score (nSPS) is 11.7. The monoisotopic (exact) mass is 337 g/mol. The van der Waals surface area contributed by atoms with Crippen molar-refractivity contribution in [2.24, 2.45) is 0 Å². The van der Waals surface area contributed by atoms with Gasteiger partial charge in [0.2, 0.25) is 0 Å². The van der Waals surface area contributed by atoms with Gasteiger partial charge in [-0.05, 0) is 37.3 Å². The van der Waals surface area contributed by atoms with E-state index in [1.807, 2.05) is 6.92 Å². The van der Waals surface area contributed by atoms with Crippen molar-refractivity contribution < 1.29 is 14.1 Å². The summed E-state index contributed by atoms with van der Waals surface area (Å²) in [6.45, 7) is 1.81. The van der Waals surface area contributed by atoms with Crippen molar-refractivity contribution in [3.8, 4) is 0 Å². The van der Waals surface area contributed by atoms with E-state index in [2.05, 4.69) is 4.98 Å². The highest BCUT2D eigenvalue weighted by atomic mass is 16.6. The van der Waals surface area contributed by atoms with Crippen molar-refractivity contribution in [2.45, 2.75) is 13.0 Å². The predicted molar refractivity (Wildman–Crippen MR) is 91.3 cm³/mol. The molecule has 2 heterocycles. The fourth-order valence-corrected chi connectivity index (χ4v) is 2.52. The highest BCUT2D eigenvalue weighted by molar-refractivity contribution is 6.06. The van der Waals surface area contributed by atoms with Crippen molar-refractivity contribution in [2.75, 3.05) is 4.90 Å². The fraction of sp³-hybridized carbons (Fsp3) is 0.111. The quantitative estimate of drug-likeness (QED) is 0.519. The average molecular weight is 337 g/mol. The Hall–Kier alpha value is -3.48. The number of furan rings is 1. The number of anilines is 1. The van der Waals surface area contributed by atoms with Gasteiger partial charge in [0, 0.05) is 23.9 Å². The fourth-order valence-electron chi connectivity index (χ4n) is 2.52. The SMILES string of the molecule is CC(c1ccco1)N(C(=O)c1cccc([N+](=O)[O-])c1)c1ccccn1. The zero-order valence-corrected chi connectivity index (χ0v) is 13.4. The summed E-state index contributed by atoms with van der Waals surface area (Å²) in [5, 5.41) is 11.0. The maximum Gasteiger partial charge on any atom is 0.270 e. The molecule has 0 fully saturated rings. The molecule has 25 heavy (non-hydrogen) atoms. The molecule has 2 aromatic heterocycles. The van der Waals surface area contributed by atoms with Gasteiger partial charge in [-0.25, -0.2) is 4.98 Å². The highest BCUT2D eigenvalue weighted by Gasteiger charge is 2.27. The third kappa shape index (κ3) is 3.40. The lowest BCUT2D eigenvalue weighted by Gasteiger charge is -2.27. The molecule has 1 atom stereocenters. The summed E-state index contributed by atoms with van der Waals surface area (Å²) >= 11 is 0. The van der Waals surface area contributed by atoms with Crippen molar-refractivity contribution in [1.82, 2.24) is 4.98 Å². The van der Waals surface area contributed by atoms with Crippen molar-refractivity contribution >= 4 is 17.4 Å². The molecule has 0 saturated carbocycles. The van der Waals surface area contributed by atoms with Gasteiger partial charge >= 0.3 is 0 Å². The molecule has 0 aliphatic heterocycles. The molecule has 1 aromatic carbocycles. The largest absolute Gasteiger partial charge is 0.467 e. The van der Waals surface area contributed by atoms with Gasteiger partial charge in [-0.2, -0.15) is 0 Å². The Labute approximate surface area is 143 Å². The van der Waals surface area contributed by atoms with Gasteiger partial charge in [0.1, 0.15) is 11.6 Å². The molecule has 1 amide bonds. The van der Waals surface area contributed by atoms with Crippen LogP contribution in [0, 0.1) is 10.1 Å². The van der Waals surface area contributed by atoms with Gasteiger partial charge in [-0.15, -0.1) is 0 Å². The van der Waals surface area contributed by atoms with Crippen molar-refractivity contribution in [1.29, 1.82) is 0 Å². The Balaban J connectivity index is 2.04. The van der Waals surface area contributed by atoms with E-state index in [-0.39, 0.29) is 11.3 Å². The highest BCUT2D eigenvalue weighted by Crippen LogP contribution is 2.28. The Kier molecular flexibility index (Phi) is 4.56. The molecular formula is C18H15N3O4. The van der Waals surface area contributed by atoms with Crippen LogP contribution < -0.4 is 4.90 Å². The van der Waals surface area contributed by atoms with Crippen LogP contribution in [0.25, 0.3) is 0 Å². The van der Waals surface area contributed by atoms with E-state index in [4.69, 9.17) is 4.42 Å². The van der Waals surface area contributed by atoms with Crippen LogP contribution in [0.3, 0.4) is 0 Å². The lowest BCUT2D eigenvalue weighted by atomic mass is 10.1. The lowest BCUT2D eigenvalue weighted by molar-refractivity contribution is -0.384. The van der Waals surface area contributed by atoms with E-state index < -0.39 is 16.9 Å². The Morgan fingerprint density at radius 3 is 2.68 bits per heavy atom. The number of amides is 1. The van der Waals surface area contributed by atoms with E-state index in [1.165, 1.54) is 29.4 Å². The van der Waals surface area contributed by atoms with Gasteiger partial charge in [0.25, 0.3) is 11.6 Å². The van der Waals surface area contributed by atoms with Crippen LogP contribution in [0.1, 0.15) is 29.1 Å². The summed E-state index contributed by atoms with van der Waals surface area (Å²) in [5.74, 6) is 0.624. The minimum atomic E-state index is -0.530. The number of non-ortho nitro benzene ring substituents is 1. The van der Waals surface area contributed by atoms with Gasteiger partial charge < -0.3 is 4.42 Å². The average Bonchev–Trinajstić information content (AvgIpc) is 3.17. The maximum absolute atomic E-state index is 13.1. The number of nitro benzene ring substituents is 1. The van der Waals surface area contributed by atoms with E-state index in [0.29, 0.717) is 11.6 Å². The molecule has 0 aliphatic rings. The first-order valence-corrected chi connectivity index (χ1v) is 7.60. The number of rotatable bonds is 5. The van der Waals surface area contributed by atoms with E-state index >= 15 is 0 Å². The number of hydrogen-bond acceptors (Lipinski definition) is 5. The van der Waals surface area contributed by atoms with Crippen LogP contribution in [0.2, 0.25) is 0 Å². The molecule has 0 spiro atoms. The van der Waals surface area contributed by atoms with E-state index in [9.17, 15) is 14.9 Å². The van der Waals surface area contributed by atoms with E-state index in [0.717, 1.165) is 0 Å². The molecule has 0 radical (unpaired) electrons. The number of hydrogen-bond donors (Lipinski definition) is 0. The second-order valence-electron chi connectivity index (χ2n) is 5.36. The van der Waals surface area contributed by atoms with Crippen LogP contribution in [-0.2, 0) is 0 Å². The Morgan fingerprint density at radius 1 is 1.20 bits per heavy atom. The molecule has 3 aromatic rings. The molecule has 0 N–H and O–H groups in total. The molecule has 1 unspecified atom stereocenters. The molecule has 7 nitrogen and oxygen atoms in total. The van der Waals surface area contributed by atoms with Gasteiger partial charge in [-0.3, -0.25) is 19.8 Å². The topological polar surface area (TPSA) is 89.5 Å². The van der Waals surface area contributed by atoms with Crippen LogP contribution in [0.4, 0.5) is 11.5 Å². The summed E-state index contributed by atoms with van der Waals surface area (Å²) in [4.78, 5) is 29.2. The number of benzene rings is 1. The summed E-state index contributed by atoms with van der Waals surface area (Å²) < 4.78 is 5.42. The van der Waals surface area contributed by atoms with Gasteiger partial charge in [0.05, 0.1) is 17.2 Å². The minimum absolute atomic E-state index is 0.141. The zero-order chi connectivity index (χ0) is 17.8. The van der Waals surface area contributed by atoms with E-state index in [1.54, 1.807) is 42.6 Å². The number of nitrogens with zero attached hydrogens (tertiary/aromatic N) is 3. The summed E-state index contributed by atoms with van der Waals surface area (Å²) in [6.07, 6.45) is 3.11. The molecule has 0 aliphatic carbocycles. The predicted octanol–water partition coefficient (Wildman–Crippen LogP) is 3.99. The summed E-state index contributed by atoms with van der Waals surface area (Å²) in [6, 6.07) is 13.9. The van der Waals surface area contributed by atoms with Crippen molar-refractivity contribution in [3.05, 3.63) is 88.5 Å². The zero-order valence-electron chi connectivity index (χ0n) is 13.4. The molecule has 7 heteroatoms. The first-order valence-electron chi connectivity index (χ1n) is 7.60. The third-order valence-electron chi connectivity index (χ3n) is 3.76. The van der Waals surface area contributed by atoms with Crippen LogP contribution in [0.15, 0.2) is 71.5 Å². The second-order valence-corrected chi connectivity index (χ2v) is 5.36. The van der Waals surface area contributed by atoms with Crippen LogP contribution in [-0.4, -0.2) is 15.8 Å². The second kappa shape index (κ2) is 6.96. The number of carbonyl (C=O) groups is 1. The number of nitro groups is 1. The Morgan fingerprint density at radius 2 is 2.04 bits per heavy atom. The molecular weight excluding hydrogens is 322 g/mol.